The summed E-state index contributed by atoms with van der Waals surface area (Å²) in [4.78, 5) is 40.7. The topological polar surface area (TPSA) is 153 Å². The molecule has 3 aromatic carbocycles. The predicted octanol–water partition coefficient (Wildman–Crippen LogP) is 4.97. The zero-order valence-electron chi connectivity index (χ0n) is 33.3. The minimum absolute atomic E-state index is 0.0149. The lowest BCUT2D eigenvalue weighted by Crippen LogP contribution is -2.52. The van der Waals surface area contributed by atoms with Crippen LogP contribution in [0.2, 0.25) is 0 Å². The molecule has 5 atom stereocenters. The van der Waals surface area contributed by atoms with Crippen LogP contribution in [0, 0.1) is 13.8 Å². The standard InChI is InChI=1S/C27H35N3O4.C12H15NO2.C5H9NO2/c1-19-6-9-21(10-7-19)30-14-4-5-23(30)27(32)28-22(18-29-12-2-3-13-29)26(31)20-8-11-24-25(17-20)34-16-15-33-24;1-10-4-6-11(7-5-10)13-8-2-3-12(13)15-9-14;7-5(8)4-2-1-3-6-4/h6-11,17,22-23,26,31H,2-5,12-16,18H2,1H3,(H,28,32);4-7,9,12H,2-3,8H2,1H3;4,6H,1-3H2,(H,7,8)/t22-,23-,26-;12-;4-/m101/s1. The van der Waals surface area contributed by atoms with E-state index in [1.54, 1.807) is 0 Å². The summed E-state index contributed by atoms with van der Waals surface area (Å²) >= 11 is 0. The Morgan fingerprint density at radius 3 is 2.07 bits per heavy atom. The first-order valence-corrected chi connectivity index (χ1v) is 20.5. The molecule has 4 N–H and O–H groups in total. The maximum atomic E-state index is 13.5. The summed E-state index contributed by atoms with van der Waals surface area (Å²) < 4.78 is 16.4. The number of nitrogens with zero attached hydrogens (tertiary/aromatic N) is 3. The Kier molecular flexibility index (Phi) is 15.0. The Labute approximate surface area is 336 Å². The molecule has 0 radical (unpaired) electrons. The molecule has 5 aliphatic heterocycles. The number of carbonyl (C=O) groups excluding carboxylic acids is 2. The first-order chi connectivity index (χ1) is 27.7. The lowest BCUT2D eigenvalue weighted by atomic mass is 10.00. The van der Waals surface area contributed by atoms with E-state index in [1.165, 1.54) is 11.1 Å². The highest BCUT2D eigenvalue weighted by atomic mass is 16.6. The number of benzene rings is 3. The van der Waals surface area contributed by atoms with Crippen molar-refractivity contribution in [1.82, 2.24) is 15.5 Å². The van der Waals surface area contributed by atoms with Crippen LogP contribution in [0.5, 0.6) is 11.5 Å². The summed E-state index contributed by atoms with van der Waals surface area (Å²) in [6, 6.07) is 21.3. The van der Waals surface area contributed by atoms with Crippen LogP contribution in [0.15, 0.2) is 66.7 Å². The molecule has 0 bridgehead atoms. The van der Waals surface area contributed by atoms with Crippen molar-refractivity contribution in [2.45, 2.75) is 95.7 Å². The Bertz CT molecular complexity index is 1750. The normalized spacial score (nSPS) is 22.4. The predicted molar refractivity (Wildman–Crippen MR) is 219 cm³/mol. The molecule has 0 spiro atoms. The van der Waals surface area contributed by atoms with Gasteiger partial charge in [0, 0.05) is 37.4 Å². The summed E-state index contributed by atoms with van der Waals surface area (Å²) in [7, 11) is 0. The summed E-state index contributed by atoms with van der Waals surface area (Å²) in [5.74, 6) is 0.610. The average Bonchev–Trinajstić information content (AvgIpc) is 4.08. The number of carboxylic acids is 1. The van der Waals surface area contributed by atoms with E-state index in [0.29, 0.717) is 37.7 Å². The maximum Gasteiger partial charge on any atom is 0.320 e. The highest BCUT2D eigenvalue weighted by Gasteiger charge is 2.35. The number of carbonyl (C=O) groups is 3. The molecular formula is C44H59N5O8. The number of aryl methyl sites for hydroxylation is 2. The van der Waals surface area contributed by atoms with E-state index in [-0.39, 0.29) is 24.2 Å². The molecule has 0 aliphatic carbocycles. The molecule has 4 fully saturated rings. The fourth-order valence-electron chi connectivity index (χ4n) is 8.18. The second kappa shape index (κ2) is 20.5. The number of likely N-dealkylation sites (tertiary alicyclic amines) is 1. The van der Waals surface area contributed by atoms with Crippen LogP contribution in [0.4, 0.5) is 11.4 Å². The van der Waals surface area contributed by atoms with Gasteiger partial charge in [-0.25, -0.2) is 0 Å². The van der Waals surface area contributed by atoms with Crippen LogP contribution < -0.4 is 29.9 Å². The highest BCUT2D eigenvalue weighted by Crippen LogP contribution is 2.34. The first-order valence-electron chi connectivity index (χ1n) is 20.5. The third-order valence-electron chi connectivity index (χ3n) is 11.3. The van der Waals surface area contributed by atoms with Gasteiger partial charge in [-0.1, -0.05) is 41.5 Å². The molecule has 0 saturated carbocycles. The Morgan fingerprint density at radius 2 is 1.46 bits per heavy atom. The molecule has 5 heterocycles. The lowest BCUT2D eigenvalue weighted by molar-refractivity contribution is -0.139. The number of amides is 1. The second-order valence-corrected chi connectivity index (χ2v) is 15.5. The number of nitrogens with one attached hydrogen (secondary N) is 2. The summed E-state index contributed by atoms with van der Waals surface area (Å²) in [6.45, 7) is 11.0. The van der Waals surface area contributed by atoms with E-state index in [4.69, 9.17) is 19.3 Å². The Hall–Kier alpha value is -4.85. The molecule has 308 valence electrons. The van der Waals surface area contributed by atoms with Gasteiger partial charge in [-0.05, 0) is 120 Å². The zero-order chi connectivity index (χ0) is 40.1. The van der Waals surface area contributed by atoms with Crippen molar-refractivity contribution >= 4 is 29.7 Å². The molecule has 0 aromatic heterocycles. The number of ether oxygens (including phenoxy) is 3. The van der Waals surface area contributed by atoms with Gasteiger partial charge in [0.2, 0.25) is 5.91 Å². The molecule has 5 aliphatic rings. The number of aliphatic hydroxyl groups is 1. The van der Waals surface area contributed by atoms with Gasteiger partial charge in [0.05, 0.1) is 6.04 Å². The van der Waals surface area contributed by atoms with Crippen LogP contribution in [-0.4, -0.2) is 110 Å². The van der Waals surface area contributed by atoms with Crippen molar-refractivity contribution in [3.05, 3.63) is 83.4 Å². The molecule has 1 amide bonds. The quantitative estimate of drug-likeness (QED) is 0.194. The first kappa shape index (κ1) is 41.8. The van der Waals surface area contributed by atoms with Gasteiger partial charge >= 0.3 is 5.97 Å². The lowest BCUT2D eigenvalue weighted by Gasteiger charge is -2.32. The van der Waals surface area contributed by atoms with Gasteiger partial charge in [0.1, 0.15) is 31.4 Å². The fourth-order valence-corrected chi connectivity index (χ4v) is 8.18. The van der Waals surface area contributed by atoms with Crippen molar-refractivity contribution in [3.63, 3.8) is 0 Å². The fraction of sp³-hybridized carbons (Fsp3) is 0.523. The molecule has 13 nitrogen and oxygen atoms in total. The number of aliphatic hydroxyl groups excluding tert-OH is 1. The van der Waals surface area contributed by atoms with Gasteiger partial charge in [0.15, 0.2) is 17.7 Å². The second-order valence-electron chi connectivity index (χ2n) is 15.5. The van der Waals surface area contributed by atoms with Crippen molar-refractivity contribution in [3.8, 4) is 11.5 Å². The monoisotopic (exact) mass is 785 g/mol. The number of rotatable bonds is 11. The van der Waals surface area contributed by atoms with Gasteiger partial charge in [-0.15, -0.1) is 0 Å². The van der Waals surface area contributed by atoms with Gasteiger partial charge in [-0.2, -0.15) is 0 Å². The average molecular weight is 786 g/mol. The number of anilines is 2. The molecule has 8 rings (SSSR count). The smallest absolute Gasteiger partial charge is 0.320 e. The minimum atomic E-state index is -0.838. The van der Waals surface area contributed by atoms with Gasteiger partial charge in [-0.3, -0.25) is 14.4 Å². The molecule has 13 heteroatoms. The third-order valence-corrected chi connectivity index (χ3v) is 11.3. The number of hydrogen-bond donors (Lipinski definition) is 4. The SMILES string of the molecule is Cc1ccc(N2CCC[C@@H]2C(=O)N[C@H](CN2CCCC2)[C@H](O)c2ccc3c(c2)OCCO3)cc1.Cc1ccc(N2CCC[C@@H]2OC=O)cc1.O=C(O)[C@H]1CCCN1. The Morgan fingerprint density at radius 1 is 0.825 bits per heavy atom. The maximum absolute atomic E-state index is 13.5. The van der Waals surface area contributed by atoms with Crippen LogP contribution in [0.3, 0.4) is 0 Å². The highest BCUT2D eigenvalue weighted by molar-refractivity contribution is 5.86. The number of carboxylic acid groups (broad SMARTS) is 1. The zero-order valence-corrected chi connectivity index (χ0v) is 33.3. The van der Waals surface area contributed by atoms with Crippen LogP contribution in [-0.2, 0) is 19.1 Å². The molecular weight excluding hydrogens is 727 g/mol. The summed E-state index contributed by atoms with van der Waals surface area (Å²) in [5, 5.41) is 25.8. The number of fused-ring (bicyclic) bond motifs is 1. The van der Waals surface area contributed by atoms with E-state index in [1.807, 2.05) is 18.2 Å². The third kappa shape index (κ3) is 11.4. The number of hydrogen-bond acceptors (Lipinski definition) is 11. The van der Waals surface area contributed by atoms with Crippen molar-refractivity contribution in [1.29, 1.82) is 0 Å². The van der Waals surface area contributed by atoms with Gasteiger partial charge < -0.3 is 49.8 Å². The summed E-state index contributed by atoms with van der Waals surface area (Å²) in [6.07, 6.45) is 6.98. The Balaban J connectivity index is 0.000000195. The molecule has 0 unspecified atom stereocenters. The van der Waals surface area contributed by atoms with Gasteiger partial charge in [0.25, 0.3) is 6.47 Å². The minimum Gasteiger partial charge on any atom is -0.486 e. The van der Waals surface area contributed by atoms with Crippen LogP contribution in [0.1, 0.15) is 74.2 Å². The van der Waals surface area contributed by atoms with E-state index in [9.17, 15) is 19.5 Å². The van der Waals surface area contributed by atoms with Crippen LogP contribution in [0.25, 0.3) is 0 Å². The molecule has 4 saturated heterocycles. The number of aliphatic carboxylic acids is 1. The molecule has 3 aromatic rings. The largest absolute Gasteiger partial charge is 0.486 e. The van der Waals surface area contributed by atoms with E-state index in [0.717, 1.165) is 101 Å². The molecule has 57 heavy (non-hydrogen) atoms. The van der Waals surface area contributed by atoms with Crippen molar-refractivity contribution in [2.75, 3.05) is 62.3 Å². The van der Waals surface area contributed by atoms with E-state index >= 15 is 0 Å². The van der Waals surface area contributed by atoms with Crippen LogP contribution >= 0.6 is 0 Å². The van der Waals surface area contributed by atoms with E-state index in [2.05, 4.69) is 87.7 Å². The van der Waals surface area contributed by atoms with Crippen molar-refractivity contribution < 1.29 is 38.8 Å². The van der Waals surface area contributed by atoms with E-state index < -0.39 is 18.1 Å². The summed E-state index contributed by atoms with van der Waals surface area (Å²) in [5.41, 5.74) is 5.38. The van der Waals surface area contributed by atoms with Crippen molar-refractivity contribution in [2.24, 2.45) is 0 Å².